The Labute approximate surface area is 224 Å². The SMILES string of the molecule is COc1ccccc1Cn1c(C)cc(OCc2ccccc2CN2C(=O)c3ccccc3C2=O)c(Cl)c1=O. The number of fused-ring (bicyclic) bond motifs is 1. The molecule has 1 aliphatic rings. The maximum absolute atomic E-state index is 13.1. The van der Waals surface area contributed by atoms with Gasteiger partial charge in [-0.3, -0.25) is 19.3 Å². The topological polar surface area (TPSA) is 77.8 Å². The Morgan fingerprint density at radius 1 is 0.737 bits per heavy atom. The maximum Gasteiger partial charge on any atom is 0.273 e. The first-order valence-corrected chi connectivity index (χ1v) is 12.4. The van der Waals surface area contributed by atoms with E-state index in [4.69, 9.17) is 21.1 Å². The van der Waals surface area contributed by atoms with Crippen molar-refractivity contribution in [2.24, 2.45) is 0 Å². The fraction of sp³-hybridized carbons (Fsp3) is 0.167. The zero-order valence-electron chi connectivity index (χ0n) is 20.9. The van der Waals surface area contributed by atoms with Crippen LogP contribution in [-0.4, -0.2) is 28.4 Å². The van der Waals surface area contributed by atoms with E-state index >= 15 is 0 Å². The molecule has 1 aliphatic heterocycles. The molecule has 0 fully saturated rings. The van der Waals surface area contributed by atoms with E-state index in [0.29, 0.717) is 29.1 Å². The normalized spacial score (nSPS) is 12.6. The number of rotatable bonds is 8. The molecule has 5 rings (SSSR count). The Bertz CT molecular complexity index is 1580. The lowest BCUT2D eigenvalue weighted by Gasteiger charge is -2.18. The highest BCUT2D eigenvalue weighted by Crippen LogP contribution is 2.28. The van der Waals surface area contributed by atoms with Gasteiger partial charge in [-0.1, -0.05) is 66.2 Å². The second kappa shape index (κ2) is 10.6. The van der Waals surface area contributed by atoms with Crippen molar-refractivity contribution in [2.45, 2.75) is 26.6 Å². The molecular weight excluding hydrogens is 504 g/mol. The van der Waals surface area contributed by atoms with Crippen LogP contribution in [0.15, 0.2) is 83.7 Å². The van der Waals surface area contributed by atoms with Crippen LogP contribution in [0.5, 0.6) is 11.5 Å². The average molecular weight is 529 g/mol. The Morgan fingerprint density at radius 2 is 1.32 bits per heavy atom. The second-order valence-electron chi connectivity index (χ2n) is 8.97. The quantitative estimate of drug-likeness (QED) is 0.292. The summed E-state index contributed by atoms with van der Waals surface area (Å²) in [5.74, 6) is 0.309. The number of hydrogen-bond acceptors (Lipinski definition) is 5. The van der Waals surface area contributed by atoms with Gasteiger partial charge in [0.05, 0.1) is 31.3 Å². The zero-order valence-corrected chi connectivity index (χ0v) is 21.7. The minimum Gasteiger partial charge on any atom is -0.496 e. The van der Waals surface area contributed by atoms with Gasteiger partial charge < -0.3 is 14.0 Å². The fourth-order valence-electron chi connectivity index (χ4n) is 4.58. The number of nitrogens with zero attached hydrogens (tertiary/aromatic N) is 2. The van der Waals surface area contributed by atoms with E-state index in [1.165, 1.54) is 4.90 Å². The Balaban J connectivity index is 1.35. The summed E-state index contributed by atoms with van der Waals surface area (Å²) in [7, 11) is 1.59. The highest BCUT2D eigenvalue weighted by molar-refractivity contribution is 6.31. The van der Waals surface area contributed by atoms with Gasteiger partial charge >= 0.3 is 0 Å². The summed E-state index contributed by atoms with van der Waals surface area (Å²) in [5, 5.41) is -0.0247. The van der Waals surface area contributed by atoms with Crippen molar-refractivity contribution in [3.8, 4) is 11.5 Å². The number of benzene rings is 3. The lowest BCUT2D eigenvalue weighted by atomic mass is 10.1. The maximum atomic E-state index is 13.1. The first kappa shape index (κ1) is 25.3. The van der Waals surface area contributed by atoms with Crippen LogP contribution in [0, 0.1) is 6.92 Å². The van der Waals surface area contributed by atoms with Gasteiger partial charge in [0.25, 0.3) is 17.4 Å². The van der Waals surface area contributed by atoms with E-state index in [2.05, 4.69) is 0 Å². The van der Waals surface area contributed by atoms with Crippen LogP contribution in [0.25, 0.3) is 0 Å². The Hall–Kier alpha value is -4.36. The smallest absolute Gasteiger partial charge is 0.273 e. The third-order valence-corrected chi connectivity index (χ3v) is 6.99. The van der Waals surface area contributed by atoms with Gasteiger partial charge in [-0.05, 0) is 36.2 Å². The third kappa shape index (κ3) is 4.68. The first-order chi connectivity index (χ1) is 18.4. The van der Waals surface area contributed by atoms with Crippen LogP contribution in [0.1, 0.15) is 43.1 Å². The van der Waals surface area contributed by atoms with Crippen LogP contribution in [0.4, 0.5) is 0 Å². The van der Waals surface area contributed by atoms with Crippen LogP contribution in [0.2, 0.25) is 5.02 Å². The molecule has 2 heterocycles. The van der Waals surface area contributed by atoms with Crippen molar-refractivity contribution in [1.29, 1.82) is 0 Å². The molecule has 0 saturated carbocycles. The van der Waals surface area contributed by atoms with Crippen molar-refractivity contribution in [2.75, 3.05) is 7.11 Å². The molecule has 7 nitrogen and oxygen atoms in total. The number of hydrogen-bond donors (Lipinski definition) is 0. The molecule has 38 heavy (non-hydrogen) atoms. The Morgan fingerprint density at radius 3 is 1.97 bits per heavy atom. The molecule has 0 saturated heterocycles. The molecule has 3 aromatic carbocycles. The predicted molar refractivity (Wildman–Crippen MR) is 144 cm³/mol. The monoisotopic (exact) mass is 528 g/mol. The summed E-state index contributed by atoms with van der Waals surface area (Å²) >= 11 is 6.46. The number of aromatic nitrogens is 1. The van der Waals surface area contributed by atoms with E-state index in [0.717, 1.165) is 16.7 Å². The summed E-state index contributed by atoms with van der Waals surface area (Å²) in [5.41, 5.74) is 3.51. The van der Waals surface area contributed by atoms with Gasteiger partial charge in [0, 0.05) is 17.3 Å². The minimum atomic E-state index is -0.369. The molecular formula is C30H25ClN2O5. The third-order valence-electron chi connectivity index (χ3n) is 6.64. The van der Waals surface area contributed by atoms with E-state index in [1.807, 2.05) is 55.5 Å². The number of ether oxygens (including phenoxy) is 2. The van der Waals surface area contributed by atoms with E-state index in [9.17, 15) is 14.4 Å². The largest absolute Gasteiger partial charge is 0.496 e. The van der Waals surface area contributed by atoms with Crippen molar-refractivity contribution in [3.05, 3.63) is 128 Å². The van der Waals surface area contributed by atoms with E-state index in [-0.39, 0.29) is 41.3 Å². The highest BCUT2D eigenvalue weighted by Gasteiger charge is 2.35. The number of halogens is 1. The Kier molecular flexibility index (Phi) is 7.03. The summed E-state index contributed by atoms with van der Waals surface area (Å²) in [6.45, 7) is 2.33. The number of carbonyl (C=O) groups excluding carboxylic acids is 2. The molecule has 0 radical (unpaired) electrons. The molecule has 0 aliphatic carbocycles. The molecule has 192 valence electrons. The highest BCUT2D eigenvalue weighted by atomic mass is 35.5. The van der Waals surface area contributed by atoms with Crippen LogP contribution in [0.3, 0.4) is 0 Å². The van der Waals surface area contributed by atoms with Gasteiger partial charge in [-0.15, -0.1) is 0 Å². The van der Waals surface area contributed by atoms with Gasteiger partial charge in [-0.2, -0.15) is 0 Å². The van der Waals surface area contributed by atoms with Crippen molar-refractivity contribution in [3.63, 3.8) is 0 Å². The number of methoxy groups -OCH3 is 1. The molecule has 2 amide bonds. The standard InChI is InChI=1S/C30H25ClN2O5/c1-19-15-26(27(31)30(36)32(19)17-21-10-5-8-14-25(21)37-2)38-18-22-11-4-3-9-20(22)16-33-28(34)23-12-6-7-13-24(23)29(33)35/h3-15H,16-18H2,1-2H3. The number of carbonyl (C=O) groups is 2. The molecule has 0 bridgehead atoms. The predicted octanol–water partition coefficient (Wildman–Crippen LogP) is 5.24. The van der Waals surface area contributed by atoms with Crippen molar-refractivity contribution < 1.29 is 19.1 Å². The van der Waals surface area contributed by atoms with E-state index < -0.39 is 0 Å². The van der Waals surface area contributed by atoms with Crippen LogP contribution < -0.4 is 15.0 Å². The summed E-state index contributed by atoms with van der Waals surface area (Å²) in [6.07, 6.45) is 0. The van der Waals surface area contributed by atoms with E-state index in [1.54, 1.807) is 42.0 Å². The van der Waals surface area contributed by atoms with Crippen molar-refractivity contribution in [1.82, 2.24) is 9.47 Å². The lowest BCUT2D eigenvalue weighted by molar-refractivity contribution is 0.0641. The molecule has 1 aromatic heterocycles. The first-order valence-electron chi connectivity index (χ1n) is 12.1. The van der Waals surface area contributed by atoms with Gasteiger partial charge in [0.2, 0.25) is 0 Å². The molecule has 0 atom stereocenters. The average Bonchev–Trinajstić information content (AvgIpc) is 3.18. The number of amides is 2. The minimum absolute atomic E-state index is 0.0247. The van der Waals surface area contributed by atoms with Crippen molar-refractivity contribution >= 4 is 23.4 Å². The second-order valence-corrected chi connectivity index (χ2v) is 9.34. The molecule has 8 heteroatoms. The number of imide groups is 1. The number of para-hydroxylation sites is 1. The lowest BCUT2D eigenvalue weighted by Crippen LogP contribution is -2.29. The molecule has 0 N–H and O–H groups in total. The van der Waals surface area contributed by atoms with Crippen LogP contribution >= 0.6 is 11.6 Å². The number of pyridine rings is 1. The summed E-state index contributed by atoms with van der Waals surface area (Å²) in [4.78, 5) is 40.0. The van der Waals surface area contributed by atoms with Crippen LogP contribution in [-0.2, 0) is 19.7 Å². The molecule has 4 aromatic rings. The van der Waals surface area contributed by atoms with Gasteiger partial charge in [0.15, 0.2) is 0 Å². The van der Waals surface area contributed by atoms with Gasteiger partial charge in [0.1, 0.15) is 23.1 Å². The molecule has 0 unspecified atom stereocenters. The summed E-state index contributed by atoms with van der Waals surface area (Å²) < 4.78 is 13.0. The summed E-state index contributed by atoms with van der Waals surface area (Å²) in [6, 6.07) is 23.4. The zero-order chi connectivity index (χ0) is 26.8. The van der Waals surface area contributed by atoms with Gasteiger partial charge in [-0.25, -0.2) is 0 Å². The molecule has 0 spiro atoms. The number of aryl methyl sites for hydroxylation is 1. The fourth-order valence-corrected chi connectivity index (χ4v) is 4.79.